The van der Waals surface area contributed by atoms with Crippen molar-refractivity contribution in [3.8, 4) is 11.5 Å². The molecule has 2 N–H and O–H groups in total. The summed E-state index contributed by atoms with van der Waals surface area (Å²) in [6, 6.07) is 16.2. The molecule has 2 aliphatic rings. The van der Waals surface area contributed by atoms with Crippen molar-refractivity contribution in [3.05, 3.63) is 60.4 Å². The van der Waals surface area contributed by atoms with Crippen LogP contribution in [-0.4, -0.2) is 54.9 Å². The molecule has 1 fully saturated rings. The minimum atomic E-state index is 0.305. The Balaban J connectivity index is 1.25. The maximum atomic E-state index is 6.51. The summed E-state index contributed by atoms with van der Waals surface area (Å²) in [4.78, 5) is 15.6. The van der Waals surface area contributed by atoms with Gasteiger partial charge in [0.1, 0.15) is 12.0 Å². The molecule has 0 bridgehead atoms. The fourth-order valence-electron chi connectivity index (χ4n) is 4.09. The van der Waals surface area contributed by atoms with Crippen LogP contribution in [0.2, 0.25) is 0 Å². The van der Waals surface area contributed by atoms with Gasteiger partial charge in [-0.05, 0) is 29.8 Å². The van der Waals surface area contributed by atoms with E-state index in [-0.39, 0.29) is 0 Å². The Bertz CT molecular complexity index is 1050. The number of nitrogens with two attached hydrogens (primary N) is 1. The van der Waals surface area contributed by atoms with Crippen molar-refractivity contribution in [3.63, 3.8) is 0 Å². The Hall–Kier alpha value is -3.52. The zero-order valence-electron chi connectivity index (χ0n) is 17.6. The maximum absolute atomic E-state index is 6.51. The van der Waals surface area contributed by atoms with Crippen molar-refractivity contribution < 1.29 is 9.47 Å². The number of ether oxygens (including phenoxy) is 2. The third kappa shape index (κ3) is 3.94. The lowest BCUT2D eigenvalue weighted by Gasteiger charge is -2.36. The first-order valence-corrected chi connectivity index (χ1v) is 10.4. The highest BCUT2D eigenvalue weighted by atomic mass is 16.7. The van der Waals surface area contributed by atoms with Crippen molar-refractivity contribution in [1.29, 1.82) is 0 Å². The van der Waals surface area contributed by atoms with E-state index in [2.05, 4.69) is 31.9 Å². The molecule has 31 heavy (non-hydrogen) atoms. The number of nitrogens with zero attached hydrogens (tertiary/aromatic N) is 5. The van der Waals surface area contributed by atoms with Crippen LogP contribution in [0.1, 0.15) is 5.56 Å². The largest absolute Gasteiger partial charge is 0.454 e. The van der Waals surface area contributed by atoms with E-state index in [9.17, 15) is 0 Å². The highest BCUT2D eigenvalue weighted by Crippen LogP contribution is 2.34. The second kappa shape index (κ2) is 8.31. The average Bonchev–Trinajstić information content (AvgIpc) is 3.28. The Morgan fingerprint density at radius 2 is 1.74 bits per heavy atom. The first-order chi connectivity index (χ1) is 15.2. The van der Waals surface area contributed by atoms with Crippen LogP contribution in [0.25, 0.3) is 0 Å². The minimum Gasteiger partial charge on any atom is -0.454 e. The Labute approximate surface area is 181 Å². The summed E-state index contributed by atoms with van der Waals surface area (Å²) in [5, 5.41) is 0. The summed E-state index contributed by atoms with van der Waals surface area (Å²) in [6.45, 7) is 4.77. The second-order valence-corrected chi connectivity index (χ2v) is 7.78. The van der Waals surface area contributed by atoms with E-state index < -0.39 is 0 Å². The van der Waals surface area contributed by atoms with Gasteiger partial charge in [0.05, 0.1) is 0 Å². The number of hydrogen-bond donors (Lipinski definition) is 1. The van der Waals surface area contributed by atoms with Gasteiger partial charge in [-0.2, -0.15) is 0 Å². The number of benzene rings is 2. The summed E-state index contributed by atoms with van der Waals surface area (Å²) < 4.78 is 10.9. The van der Waals surface area contributed by atoms with Crippen molar-refractivity contribution in [1.82, 2.24) is 14.9 Å². The number of fused-ring (bicyclic) bond motifs is 1. The highest BCUT2D eigenvalue weighted by molar-refractivity contribution is 5.79. The molecule has 0 radical (unpaired) electrons. The number of anilines is 4. The van der Waals surface area contributed by atoms with Gasteiger partial charge in [0.2, 0.25) is 6.79 Å². The van der Waals surface area contributed by atoms with Crippen LogP contribution in [0.5, 0.6) is 11.5 Å². The molecule has 5 rings (SSSR count). The fraction of sp³-hybridized carbons (Fsp3) is 0.304. The number of nitrogen functional groups attached to an aromatic ring is 1. The number of hydrogen-bond acceptors (Lipinski definition) is 8. The average molecular weight is 419 g/mol. The van der Waals surface area contributed by atoms with Gasteiger partial charge in [-0.1, -0.05) is 24.3 Å². The number of piperazine rings is 1. The molecule has 1 saturated heterocycles. The Morgan fingerprint density at radius 1 is 0.968 bits per heavy atom. The van der Waals surface area contributed by atoms with Crippen LogP contribution in [0.3, 0.4) is 0 Å². The van der Waals surface area contributed by atoms with E-state index in [4.69, 9.17) is 15.2 Å². The molecule has 8 nitrogen and oxygen atoms in total. The molecule has 0 unspecified atom stereocenters. The van der Waals surface area contributed by atoms with Gasteiger partial charge < -0.3 is 25.0 Å². The van der Waals surface area contributed by atoms with Crippen LogP contribution < -0.4 is 25.0 Å². The van der Waals surface area contributed by atoms with Crippen LogP contribution in [0.15, 0.2) is 54.9 Å². The smallest absolute Gasteiger partial charge is 0.231 e. The highest BCUT2D eigenvalue weighted by Gasteiger charge is 2.23. The summed E-state index contributed by atoms with van der Waals surface area (Å²) >= 11 is 0. The number of para-hydroxylation sites is 1. The van der Waals surface area contributed by atoms with E-state index in [1.54, 1.807) is 6.33 Å². The summed E-state index contributed by atoms with van der Waals surface area (Å²) in [7, 11) is 1.97. The zero-order chi connectivity index (χ0) is 21.2. The van der Waals surface area contributed by atoms with Gasteiger partial charge in [-0.15, -0.1) is 0 Å². The molecule has 0 atom stereocenters. The predicted octanol–water partition coefficient (Wildman–Crippen LogP) is 2.88. The summed E-state index contributed by atoms with van der Waals surface area (Å²) in [5.74, 6) is 3.18. The molecule has 2 aliphatic heterocycles. The topological polar surface area (TPSA) is 80.0 Å². The monoisotopic (exact) mass is 418 g/mol. The van der Waals surface area contributed by atoms with E-state index in [1.165, 1.54) is 5.56 Å². The molecular weight excluding hydrogens is 392 g/mol. The molecule has 1 aromatic heterocycles. The van der Waals surface area contributed by atoms with Crippen molar-refractivity contribution in [2.75, 3.05) is 55.6 Å². The molecule has 2 aromatic carbocycles. The van der Waals surface area contributed by atoms with Gasteiger partial charge in [-0.3, -0.25) is 4.90 Å². The van der Waals surface area contributed by atoms with Crippen molar-refractivity contribution >= 4 is 23.0 Å². The first kappa shape index (κ1) is 19.4. The standard InChI is InChI=1S/C23H26N6O2/c1-27(18-5-3-2-4-6-18)22-21(24)23(26-15-25-22)29-11-9-28(10-12-29)14-17-7-8-19-20(13-17)31-16-30-19/h2-8,13,15H,9-12,14,16,24H2,1H3. The molecule has 3 aromatic rings. The van der Waals surface area contributed by atoms with Gasteiger partial charge in [0, 0.05) is 45.5 Å². The quantitative estimate of drug-likeness (QED) is 0.678. The molecule has 0 spiro atoms. The fourth-order valence-corrected chi connectivity index (χ4v) is 4.09. The lowest BCUT2D eigenvalue weighted by molar-refractivity contribution is 0.174. The lowest BCUT2D eigenvalue weighted by atomic mass is 10.1. The zero-order valence-corrected chi connectivity index (χ0v) is 17.6. The summed E-state index contributed by atoms with van der Waals surface area (Å²) in [5.41, 5.74) is 9.39. The van der Waals surface area contributed by atoms with Gasteiger partial charge in [0.15, 0.2) is 23.1 Å². The number of aromatic nitrogens is 2. The van der Waals surface area contributed by atoms with Gasteiger partial charge >= 0.3 is 0 Å². The molecule has 8 heteroatoms. The SMILES string of the molecule is CN(c1ccccc1)c1ncnc(N2CCN(Cc3ccc4c(c3)OCO4)CC2)c1N. The van der Waals surface area contributed by atoms with Crippen LogP contribution in [0.4, 0.5) is 23.0 Å². The predicted molar refractivity (Wildman–Crippen MR) is 121 cm³/mol. The van der Waals surface area contributed by atoms with Crippen LogP contribution >= 0.6 is 0 Å². The third-order valence-corrected chi connectivity index (χ3v) is 5.82. The molecule has 160 valence electrons. The van der Waals surface area contributed by atoms with Crippen molar-refractivity contribution in [2.45, 2.75) is 6.54 Å². The minimum absolute atomic E-state index is 0.305. The summed E-state index contributed by atoms with van der Waals surface area (Å²) in [6.07, 6.45) is 1.60. The van der Waals surface area contributed by atoms with Crippen molar-refractivity contribution in [2.24, 2.45) is 0 Å². The number of rotatable bonds is 5. The Kier molecular flexibility index (Phi) is 5.21. The van der Waals surface area contributed by atoms with E-state index in [1.807, 2.05) is 48.3 Å². The molecule has 3 heterocycles. The maximum Gasteiger partial charge on any atom is 0.231 e. The van der Waals surface area contributed by atoms with Crippen LogP contribution in [-0.2, 0) is 6.54 Å². The molecule has 0 saturated carbocycles. The second-order valence-electron chi connectivity index (χ2n) is 7.78. The van der Waals surface area contributed by atoms with Crippen LogP contribution in [0, 0.1) is 0 Å². The molecular formula is C23H26N6O2. The van der Waals surface area contributed by atoms with Gasteiger partial charge in [0.25, 0.3) is 0 Å². The first-order valence-electron chi connectivity index (χ1n) is 10.4. The van der Waals surface area contributed by atoms with Gasteiger partial charge in [-0.25, -0.2) is 9.97 Å². The third-order valence-electron chi connectivity index (χ3n) is 5.82. The lowest BCUT2D eigenvalue weighted by Crippen LogP contribution is -2.46. The normalized spacial score (nSPS) is 15.8. The van der Waals surface area contributed by atoms with E-state index in [0.717, 1.165) is 61.5 Å². The molecule has 0 aliphatic carbocycles. The van der Waals surface area contributed by atoms with E-state index >= 15 is 0 Å². The Morgan fingerprint density at radius 3 is 2.55 bits per heavy atom. The molecule has 0 amide bonds. The van der Waals surface area contributed by atoms with E-state index in [0.29, 0.717) is 12.5 Å².